The Bertz CT molecular complexity index is 563. The molecule has 0 bridgehead atoms. The van der Waals surface area contributed by atoms with Gasteiger partial charge in [-0.05, 0) is 30.2 Å². The van der Waals surface area contributed by atoms with Crippen molar-refractivity contribution in [2.45, 2.75) is 26.0 Å². The number of aromatic nitrogens is 2. The van der Waals surface area contributed by atoms with Crippen LogP contribution >= 0.6 is 0 Å². The summed E-state index contributed by atoms with van der Waals surface area (Å²) < 4.78 is 7.42. The van der Waals surface area contributed by atoms with Gasteiger partial charge in [-0.2, -0.15) is 0 Å². The summed E-state index contributed by atoms with van der Waals surface area (Å²) in [5, 5.41) is 10.4. The molecule has 1 aromatic carbocycles. The smallest absolute Gasteiger partial charge is 0.142 e. The van der Waals surface area contributed by atoms with Crippen molar-refractivity contribution in [3.63, 3.8) is 0 Å². The van der Waals surface area contributed by atoms with E-state index >= 15 is 0 Å². The third-order valence-electron chi connectivity index (χ3n) is 3.36. The van der Waals surface area contributed by atoms with Gasteiger partial charge in [-0.1, -0.05) is 6.07 Å². The summed E-state index contributed by atoms with van der Waals surface area (Å²) in [4.78, 5) is 4.24. The number of aliphatic hydroxyl groups is 1. The van der Waals surface area contributed by atoms with Gasteiger partial charge in [0.2, 0.25) is 0 Å². The number of benzene rings is 1. The molecule has 1 aromatic heterocycles. The van der Waals surface area contributed by atoms with Gasteiger partial charge in [-0.25, -0.2) is 4.98 Å². The second-order valence-corrected chi connectivity index (χ2v) is 4.44. The SMILES string of the molecule is CCn1ccnc1C(O)c1ccc2c(c1)CCO2. The third kappa shape index (κ3) is 1.78. The number of aryl methyl sites for hydroxylation is 1. The zero-order valence-corrected chi connectivity index (χ0v) is 10.3. The van der Waals surface area contributed by atoms with Gasteiger partial charge in [0.25, 0.3) is 0 Å². The predicted molar refractivity (Wildman–Crippen MR) is 67.6 cm³/mol. The fourth-order valence-electron chi connectivity index (χ4n) is 2.36. The Morgan fingerprint density at radius 2 is 2.39 bits per heavy atom. The van der Waals surface area contributed by atoms with Gasteiger partial charge in [-0.3, -0.25) is 0 Å². The molecule has 0 radical (unpaired) electrons. The normalized spacial score (nSPS) is 15.2. The highest BCUT2D eigenvalue weighted by Gasteiger charge is 2.19. The second-order valence-electron chi connectivity index (χ2n) is 4.44. The lowest BCUT2D eigenvalue weighted by Gasteiger charge is -2.13. The molecule has 2 aromatic rings. The summed E-state index contributed by atoms with van der Waals surface area (Å²) in [6.07, 6.45) is 3.84. The van der Waals surface area contributed by atoms with Crippen LogP contribution < -0.4 is 4.74 Å². The number of imidazole rings is 1. The maximum absolute atomic E-state index is 10.4. The van der Waals surface area contributed by atoms with Crippen LogP contribution in [0.15, 0.2) is 30.6 Å². The van der Waals surface area contributed by atoms with Gasteiger partial charge >= 0.3 is 0 Å². The van der Waals surface area contributed by atoms with E-state index in [4.69, 9.17) is 4.74 Å². The molecule has 18 heavy (non-hydrogen) atoms. The number of hydrogen-bond donors (Lipinski definition) is 1. The van der Waals surface area contributed by atoms with Crippen molar-refractivity contribution in [2.24, 2.45) is 0 Å². The van der Waals surface area contributed by atoms with Crippen LogP contribution in [-0.4, -0.2) is 21.3 Å². The first-order chi connectivity index (χ1) is 8.79. The molecule has 4 heteroatoms. The molecule has 94 valence electrons. The lowest BCUT2D eigenvalue weighted by Crippen LogP contribution is -2.09. The minimum Gasteiger partial charge on any atom is -0.493 e. The number of rotatable bonds is 3. The highest BCUT2D eigenvalue weighted by atomic mass is 16.5. The lowest BCUT2D eigenvalue weighted by atomic mass is 10.0. The van der Waals surface area contributed by atoms with E-state index < -0.39 is 6.10 Å². The summed E-state index contributed by atoms with van der Waals surface area (Å²) in [5.41, 5.74) is 2.04. The van der Waals surface area contributed by atoms with Crippen LogP contribution in [-0.2, 0) is 13.0 Å². The molecule has 0 aliphatic carbocycles. The van der Waals surface area contributed by atoms with Crippen LogP contribution in [0, 0.1) is 0 Å². The zero-order chi connectivity index (χ0) is 12.5. The minimum absolute atomic E-state index is 0.675. The van der Waals surface area contributed by atoms with Crippen molar-refractivity contribution in [2.75, 3.05) is 6.61 Å². The molecule has 1 atom stereocenters. The van der Waals surface area contributed by atoms with Crippen LogP contribution in [0.1, 0.15) is 30.0 Å². The predicted octanol–water partition coefficient (Wildman–Crippen LogP) is 1.92. The van der Waals surface area contributed by atoms with Crippen molar-refractivity contribution in [1.82, 2.24) is 9.55 Å². The topological polar surface area (TPSA) is 47.3 Å². The van der Waals surface area contributed by atoms with E-state index in [2.05, 4.69) is 4.98 Å². The average molecular weight is 244 g/mol. The Kier molecular flexibility index (Phi) is 2.80. The third-order valence-corrected chi connectivity index (χ3v) is 3.36. The fraction of sp³-hybridized carbons (Fsp3) is 0.357. The molecule has 1 unspecified atom stereocenters. The van der Waals surface area contributed by atoms with Crippen LogP contribution in [0.5, 0.6) is 5.75 Å². The van der Waals surface area contributed by atoms with E-state index in [1.807, 2.05) is 35.9 Å². The van der Waals surface area contributed by atoms with Gasteiger partial charge in [0.1, 0.15) is 17.7 Å². The van der Waals surface area contributed by atoms with E-state index in [0.29, 0.717) is 5.82 Å². The first-order valence-corrected chi connectivity index (χ1v) is 6.24. The van der Waals surface area contributed by atoms with Crippen molar-refractivity contribution in [3.8, 4) is 5.75 Å². The maximum atomic E-state index is 10.4. The molecule has 0 amide bonds. The van der Waals surface area contributed by atoms with E-state index in [1.54, 1.807) is 6.20 Å². The molecule has 1 N–H and O–H groups in total. The largest absolute Gasteiger partial charge is 0.493 e. The van der Waals surface area contributed by atoms with Crippen LogP contribution in [0.25, 0.3) is 0 Å². The highest BCUT2D eigenvalue weighted by molar-refractivity contribution is 5.41. The monoisotopic (exact) mass is 244 g/mol. The first-order valence-electron chi connectivity index (χ1n) is 6.24. The van der Waals surface area contributed by atoms with E-state index in [0.717, 1.165) is 30.9 Å². The molecular formula is C14H16N2O2. The standard InChI is InChI=1S/C14H16N2O2/c1-2-16-7-6-15-14(16)13(17)11-3-4-12-10(9-11)5-8-18-12/h3-4,6-7,9,13,17H,2,5,8H2,1H3. The Hall–Kier alpha value is -1.81. The molecule has 3 rings (SSSR count). The number of hydrogen-bond acceptors (Lipinski definition) is 3. The van der Waals surface area contributed by atoms with Crippen LogP contribution in [0.4, 0.5) is 0 Å². The van der Waals surface area contributed by atoms with Gasteiger partial charge in [0, 0.05) is 25.4 Å². The fourth-order valence-corrected chi connectivity index (χ4v) is 2.36. The number of fused-ring (bicyclic) bond motifs is 1. The van der Waals surface area contributed by atoms with E-state index in [9.17, 15) is 5.11 Å². The molecule has 0 fully saturated rings. The molecular weight excluding hydrogens is 228 g/mol. The van der Waals surface area contributed by atoms with Gasteiger partial charge in [-0.15, -0.1) is 0 Å². The average Bonchev–Trinajstić information content (AvgIpc) is 3.05. The summed E-state index contributed by atoms with van der Waals surface area (Å²) >= 11 is 0. The van der Waals surface area contributed by atoms with Crippen molar-refractivity contribution in [1.29, 1.82) is 0 Å². The Balaban J connectivity index is 1.95. The van der Waals surface area contributed by atoms with E-state index in [1.165, 1.54) is 5.56 Å². The molecule has 1 aliphatic rings. The Morgan fingerprint density at radius 3 is 3.22 bits per heavy atom. The van der Waals surface area contributed by atoms with E-state index in [-0.39, 0.29) is 0 Å². The molecule has 0 spiro atoms. The summed E-state index contributed by atoms with van der Waals surface area (Å²) in [7, 11) is 0. The van der Waals surface area contributed by atoms with Crippen molar-refractivity contribution >= 4 is 0 Å². The number of aliphatic hydroxyl groups excluding tert-OH is 1. The molecule has 0 saturated carbocycles. The Labute approximate surface area is 106 Å². The quantitative estimate of drug-likeness (QED) is 0.897. The molecule has 1 aliphatic heterocycles. The number of ether oxygens (including phenoxy) is 1. The molecule has 2 heterocycles. The number of nitrogens with zero attached hydrogens (tertiary/aromatic N) is 2. The van der Waals surface area contributed by atoms with Gasteiger partial charge in [0.05, 0.1) is 6.61 Å². The highest BCUT2D eigenvalue weighted by Crippen LogP contribution is 2.30. The Morgan fingerprint density at radius 1 is 1.50 bits per heavy atom. The van der Waals surface area contributed by atoms with Gasteiger partial charge in [0.15, 0.2) is 0 Å². The zero-order valence-electron chi connectivity index (χ0n) is 10.3. The van der Waals surface area contributed by atoms with Crippen LogP contribution in [0.3, 0.4) is 0 Å². The summed E-state index contributed by atoms with van der Waals surface area (Å²) in [6, 6.07) is 5.85. The minimum atomic E-state index is -0.675. The van der Waals surface area contributed by atoms with Crippen LogP contribution in [0.2, 0.25) is 0 Å². The van der Waals surface area contributed by atoms with Crippen molar-refractivity contribution in [3.05, 3.63) is 47.5 Å². The molecule has 0 saturated heterocycles. The summed E-state index contributed by atoms with van der Waals surface area (Å²) in [6.45, 7) is 3.58. The summed E-state index contributed by atoms with van der Waals surface area (Å²) in [5.74, 6) is 1.63. The van der Waals surface area contributed by atoms with Gasteiger partial charge < -0.3 is 14.4 Å². The second kappa shape index (κ2) is 4.46. The van der Waals surface area contributed by atoms with Crippen molar-refractivity contribution < 1.29 is 9.84 Å². The first kappa shape index (κ1) is 11.3. The lowest BCUT2D eigenvalue weighted by molar-refractivity contribution is 0.204. The molecule has 4 nitrogen and oxygen atoms in total. The maximum Gasteiger partial charge on any atom is 0.142 e.